The maximum atomic E-state index is 13.3. The first-order valence-corrected chi connectivity index (χ1v) is 11.3. The molecule has 0 aromatic rings. The highest BCUT2D eigenvalue weighted by atomic mass is 16.5. The van der Waals surface area contributed by atoms with Gasteiger partial charge in [0.25, 0.3) is 5.91 Å². The third-order valence-electron chi connectivity index (χ3n) is 7.69. The highest BCUT2D eigenvalue weighted by molar-refractivity contribution is 6.26. The van der Waals surface area contributed by atoms with Gasteiger partial charge in [-0.05, 0) is 36.5 Å². The van der Waals surface area contributed by atoms with Gasteiger partial charge in [-0.2, -0.15) is 0 Å². The second-order valence-corrected chi connectivity index (χ2v) is 9.71. The second kappa shape index (κ2) is 8.77. The quantitative estimate of drug-likeness (QED) is 0.227. The van der Waals surface area contributed by atoms with Gasteiger partial charge in [0.2, 0.25) is 0 Å². The molecule has 0 aromatic heterocycles. The molecule has 2 N–H and O–H groups in total. The number of esters is 1. The molecule has 2 fully saturated rings. The molecule has 1 aliphatic heterocycles. The van der Waals surface area contributed by atoms with E-state index in [4.69, 9.17) is 4.74 Å². The third kappa shape index (κ3) is 3.93. The number of likely N-dealkylation sites (tertiary alicyclic amines) is 1. The Labute approximate surface area is 184 Å². The summed E-state index contributed by atoms with van der Waals surface area (Å²) in [6.07, 6.45) is 8.25. The SMILES string of the molecule is COC(=O)C(O)(CC1C(=O)/C(=C(\O)[C@H]2[C@@H]3CCCC[C@H]3C=C[C@H]2C)C(=O)N1C)C(C)C. The van der Waals surface area contributed by atoms with Gasteiger partial charge >= 0.3 is 5.97 Å². The van der Waals surface area contributed by atoms with Gasteiger partial charge in [0.1, 0.15) is 11.3 Å². The van der Waals surface area contributed by atoms with Crippen LogP contribution in [0.15, 0.2) is 23.5 Å². The molecular weight excluding hydrogens is 398 g/mol. The fourth-order valence-corrected chi connectivity index (χ4v) is 5.58. The van der Waals surface area contributed by atoms with Gasteiger partial charge in [-0.3, -0.25) is 9.59 Å². The van der Waals surface area contributed by atoms with Crippen molar-refractivity contribution in [3.63, 3.8) is 0 Å². The van der Waals surface area contributed by atoms with Crippen molar-refractivity contribution >= 4 is 17.7 Å². The normalized spacial score (nSPS) is 34.5. The summed E-state index contributed by atoms with van der Waals surface area (Å²) < 4.78 is 4.75. The molecule has 6 atom stereocenters. The van der Waals surface area contributed by atoms with E-state index in [1.165, 1.54) is 19.1 Å². The van der Waals surface area contributed by atoms with Gasteiger partial charge in [-0.1, -0.05) is 45.8 Å². The maximum Gasteiger partial charge on any atom is 0.338 e. The number of allylic oxidation sites excluding steroid dienone is 3. The number of nitrogens with zero attached hydrogens (tertiary/aromatic N) is 1. The van der Waals surface area contributed by atoms with Crippen LogP contribution in [-0.4, -0.2) is 58.6 Å². The maximum absolute atomic E-state index is 13.3. The molecule has 3 rings (SSSR count). The number of likely N-dealkylation sites (N-methyl/N-ethyl adjacent to an activating group) is 1. The van der Waals surface area contributed by atoms with Crippen LogP contribution in [0.1, 0.15) is 52.9 Å². The van der Waals surface area contributed by atoms with Crippen molar-refractivity contribution in [1.29, 1.82) is 0 Å². The van der Waals surface area contributed by atoms with E-state index in [1.54, 1.807) is 13.8 Å². The molecule has 7 heteroatoms. The van der Waals surface area contributed by atoms with Crippen LogP contribution in [0.2, 0.25) is 0 Å². The Morgan fingerprint density at radius 3 is 2.52 bits per heavy atom. The van der Waals surface area contributed by atoms with Gasteiger partial charge in [0, 0.05) is 19.4 Å². The van der Waals surface area contributed by atoms with E-state index < -0.39 is 35.2 Å². The number of hydrogen-bond acceptors (Lipinski definition) is 6. The number of ketones is 1. The molecule has 1 heterocycles. The smallest absolute Gasteiger partial charge is 0.338 e. The lowest BCUT2D eigenvalue weighted by Crippen LogP contribution is -2.50. The van der Waals surface area contributed by atoms with Gasteiger partial charge in [0.15, 0.2) is 11.4 Å². The summed E-state index contributed by atoms with van der Waals surface area (Å²) in [6, 6.07) is -1.03. The van der Waals surface area contributed by atoms with Crippen LogP contribution >= 0.6 is 0 Å². The first-order valence-electron chi connectivity index (χ1n) is 11.3. The number of aliphatic hydroxyl groups excluding tert-OH is 1. The van der Waals surface area contributed by atoms with E-state index in [2.05, 4.69) is 12.2 Å². The minimum Gasteiger partial charge on any atom is -0.511 e. The number of hydrogen-bond donors (Lipinski definition) is 2. The molecule has 0 spiro atoms. The summed E-state index contributed by atoms with van der Waals surface area (Å²) in [6.45, 7) is 5.32. The predicted molar refractivity (Wildman–Crippen MR) is 115 cm³/mol. The van der Waals surface area contributed by atoms with E-state index in [0.717, 1.165) is 25.7 Å². The number of rotatable bonds is 5. The Bertz CT molecular complexity index is 815. The molecule has 0 aromatic carbocycles. The van der Waals surface area contributed by atoms with E-state index in [0.29, 0.717) is 5.92 Å². The van der Waals surface area contributed by atoms with Gasteiger partial charge in [0.05, 0.1) is 13.2 Å². The van der Waals surface area contributed by atoms with Crippen LogP contribution in [0.25, 0.3) is 0 Å². The Hall–Kier alpha value is -2.15. The number of fused-ring (bicyclic) bond motifs is 1. The van der Waals surface area contributed by atoms with Crippen LogP contribution < -0.4 is 0 Å². The summed E-state index contributed by atoms with van der Waals surface area (Å²) >= 11 is 0. The highest BCUT2D eigenvalue weighted by Gasteiger charge is 2.52. The Morgan fingerprint density at radius 1 is 1.26 bits per heavy atom. The number of Topliss-reactive ketones (excluding diaryl/α,β-unsaturated/α-hetero) is 1. The van der Waals surface area contributed by atoms with Crippen molar-refractivity contribution in [1.82, 2.24) is 4.90 Å². The highest BCUT2D eigenvalue weighted by Crippen LogP contribution is 2.46. The molecule has 0 bridgehead atoms. The zero-order valence-corrected chi connectivity index (χ0v) is 19.1. The van der Waals surface area contributed by atoms with Gasteiger partial charge < -0.3 is 19.8 Å². The predicted octanol–water partition coefficient (Wildman–Crippen LogP) is 2.79. The number of carbonyl (C=O) groups excluding carboxylic acids is 3. The van der Waals surface area contributed by atoms with Crippen LogP contribution in [0.4, 0.5) is 0 Å². The number of methoxy groups -OCH3 is 1. The lowest BCUT2D eigenvalue weighted by molar-refractivity contribution is -0.170. The molecule has 2 unspecified atom stereocenters. The van der Waals surface area contributed by atoms with Crippen molar-refractivity contribution in [2.45, 2.75) is 64.5 Å². The Morgan fingerprint density at radius 2 is 1.90 bits per heavy atom. The van der Waals surface area contributed by atoms with Gasteiger partial charge in [-0.25, -0.2) is 4.79 Å². The molecule has 1 amide bonds. The first kappa shape index (κ1) is 23.5. The third-order valence-corrected chi connectivity index (χ3v) is 7.69. The molecule has 172 valence electrons. The fourth-order valence-electron chi connectivity index (χ4n) is 5.58. The summed E-state index contributed by atoms with van der Waals surface area (Å²) in [7, 11) is 2.65. The van der Waals surface area contributed by atoms with Crippen LogP contribution in [-0.2, 0) is 19.1 Å². The lowest BCUT2D eigenvalue weighted by atomic mass is 9.64. The van der Waals surface area contributed by atoms with Crippen LogP contribution in [0, 0.1) is 29.6 Å². The monoisotopic (exact) mass is 433 g/mol. The van der Waals surface area contributed by atoms with Crippen LogP contribution in [0.3, 0.4) is 0 Å². The summed E-state index contributed by atoms with van der Waals surface area (Å²) in [4.78, 5) is 39.9. The number of amides is 1. The minimum absolute atomic E-state index is 0.0134. The van der Waals surface area contributed by atoms with Crippen molar-refractivity contribution in [2.24, 2.45) is 29.6 Å². The molecule has 2 aliphatic carbocycles. The second-order valence-electron chi connectivity index (χ2n) is 9.71. The van der Waals surface area contributed by atoms with Crippen molar-refractivity contribution in [3.05, 3.63) is 23.5 Å². The summed E-state index contributed by atoms with van der Waals surface area (Å²) in [5.41, 5.74) is -2.11. The summed E-state index contributed by atoms with van der Waals surface area (Å²) in [5, 5.41) is 22.2. The molecule has 3 aliphatic rings. The van der Waals surface area contributed by atoms with Crippen molar-refractivity contribution in [3.8, 4) is 0 Å². The van der Waals surface area contributed by atoms with Crippen molar-refractivity contribution < 1.29 is 29.3 Å². The first-order chi connectivity index (χ1) is 14.5. The molecule has 1 saturated heterocycles. The van der Waals surface area contributed by atoms with E-state index >= 15 is 0 Å². The van der Waals surface area contributed by atoms with Crippen molar-refractivity contribution in [2.75, 3.05) is 14.2 Å². The van der Waals surface area contributed by atoms with Crippen LogP contribution in [0.5, 0.6) is 0 Å². The Balaban J connectivity index is 1.96. The molecule has 7 nitrogen and oxygen atoms in total. The molecule has 1 saturated carbocycles. The van der Waals surface area contributed by atoms with E-state index in [-0.39, 0.29) is 35.5 Å². The molecular formula is C24H35NO6. The largest absolute Gasteiger partial charge is 0.511 e. The fraction of sp³-hybridized carbons (Fsp3) is 0.708. The van der Waals surface area contributed by atoms with Gasteiger partial charge in [-0.15, -0.1) is 0 Å². The Kier molecular flexibility index (Phi) is 6.65. The number of carbonyl (C=O) groups is 3. The molecule has 0 radical (unpaired) electrons. The zero-order chi connectivity index (χ0) is 23.1. The lowest BCUT2D eigenvalue weighted by Gasteiger charge is -2.41. The number of aliphatic hydroxyl groups is 2. The zero-order valence-electron chi connectivity index (χ0n) is 19.1. The topological polar surface area (TPSA) is 104 Å². The average molecular weight is 434 g/mol. The number of ether oxygens (including phenoxy) is 1. The van der Waals surface area contributed by atoms with E-state index in [9.17, 15) is 24.6 Å². The van der Waals surface area contributed by atoms with E-state index in [1.807, 2.05) is 6.92 Å². The molecule has 31 heavy (non-hydrogen) atoms. The standard InChI is InChI=1S/C24H35NO6/c1-13(2)24(30,23(29)31-5)12-17-20(26)19(22(28)25(17)4)21(27)18-14(3)10-11-15-8-6-7-9-16(15)18/h10-11,13-18,27,30H,6-9,12H2,1-5H3/b21-19+/t14-,15+,16-,17?,18-,24?/m1/s1. The summed E-state index contributed by atoms with van der Waals surface area (Å²) in [5.74, 6) is -2.31. The average Bonchev–Trinajstić information content (AvgIpc) is 2.95. The minimum atomic E-state index is -1.91.